The van der Waals surface area contributed by atoms with Crippen LogP contribution in [-0.2, 0) is 0 Å². The van der Waals surface area contributed by atoms with Gasteiger partial charge in [0.1, 0.15) is 0 Å². The SMILES string of the molecule is Cc1ccc(-n2c(SCC(=O)c3ccc4c(c3)OCO4)nnc2-c2ccncc2)cc1. The molecule has 4 aromatic rings. The summed E-state index contributed by atoms with van der Waals surface area (Å²) in [6, 6.07) is 17.1. The molecular formula is C23H18N4O3S. The summed E-state index contributed by atoms with van der Waals surface area (Å²) in [5.74, 6) is 2.15. The average molecular weight is 430 g/mol. The van der Waals surface area contributed by atoms with Gasteiger partial charge < -0.3 is 9.47 Å². The first kappa shape index (κ1) is 19.3. The van der Waals surface area contributed by atoms with Crippen LogP contribution in [0.2, 0.25) is 0 Å². The third kappa shape index (κ3) is 3.89. The Balaban J connectivity index is 1.44. The number of fused-ring (bicyclic) bond motifs is 1. The van der Waals surface area contributed by atoms with Gasteiger partial charge in [-0.3, -0.25) is 14.3 Å². The molecule has 0 saturated carbocycles. The third-order valence-corrected chi connectivity index (χ3v) is 5.82. The molecule has 5 rings (SSSR count). The molecule has 1 aliphatic heterocycles. The van der Waals surface area contributed by atoms with Crippen LogP contribution in [0.25, 0.3) is 17.1 Å². The number of benzene rings is 2. The topological polar surface area (TPSA) is 79.1 Å². The number of pyridine rings is 1. The normalized spacial score (nSPS) is 12.2. The quantitative estimate of drug-likeness (QED) is 0.332. The van der Waals surface area contributed by atoms with E-state index in [9.17, 15) is 4.79 Å². The second kappa shape index (κ2) is 8.23. The summed E-state index contributed by atoms with van der Waals surface area (Å²) < 4.78 is 12.7. The summed E-state index contributed by atoms with van der Waals surface area (Å²) in [5, 5.41) is 9.42. The van der Waals surface area contributed by atoms with Crippen LogP contribution in [0.15, 0.2) is 72.1 Å². The fourth-order valence-electron chi connectivity index (χ4n) is 3.26. The summed E-state index contributed by atoms with van der Waals surface area (Å²) in [6.45, 7) is 2.22. The molecule has 0 fully saturated rings. The van der Waals surface area contributed by atoms with E-state index in [1.165, 1.54) is 11.8 Å². The number of rotatable bonds is 6. The molecule has 0 unspecified atom stereocenters. The monoisotopic (exact) mass is 430 g/mol. The summed E-state index contributed by atoms with van der Waals surface area (Å²) in [6.07, 6.45) is 3.44. The number of hydrogen-bond acceptors (Lipinski definition) is 7. The second-order valence-electron chi connectivity index (χ2n) is 6.99. The van der Waals surface area contributed by atoms with Gasteiger partial charge >= 0.3 is 0 Å². The number of ether oxygens (including phenoxy) is 2. The molecule has 0 bridgehead atoms. The number of carbonyl (C=O) groups is 1. The molecule has 0 saturated heterocycles. The van der Waals surface area contributed by atoms with Crippen LogP contribution < -0.4 is 9.47 Å². The molecule has 0 spiro atoms. The standard InChI is InChI=1S/C23H18N4O3S/c1-15-2-5-18(6-3-15)27-22(16-8-10-24-11-9-16)25-26-23(27)31-13-19(28)17-4-7-20-21(12-17)30-14-29-20/h2-12H,13-14H2,1H3. The van der Waals surface area contributed by atoms with E-state index >= 15 is 0 Å². The van der Waals surface area contributed by atoms with E-state index in [0.717, 1.165) is 16.8 Å². The van der Waals surface area contributed by atoms with Crippen molar-refractivity contribution in [3.63, 3.8) is 0 Å². The van der Waals surface area contributed by atoms with Crippen molar-refractivity contribution < 1.29 is 14.3 Å². The molecule has 31 heavy (non-hydrogen) atoms. The zero-order valence-electron chi connectivity index (χ0n) is 16.7. The highest BCUT2D eigenvalue weighted by atomic mass is 32.2. The molecule has 8 heteroatoms. The fourth-order valence-corrected chi connectivity index (χ4v) is 4.11. The van der Waals surface area contributed by atoms with E-state index in [1.807, 2.05) is 47.9 Å². The molecule has 1 aliphatic rings. The van der Waals surface area contributed by atoms with E-state index in [0.29, 0.717) is 28.0 Å². The van der Waals surface area contributed by atoms with Gasteiger partial charge in [0.05, 0.1) is 5.75 Å². The molecule has 0 N–H and O–H groups in total. The Morgan fingerprint density at radius 1 is 1.00 bits per heavy atom. The van der Waals surface area contributed by atoms with Crippen LogP contribution in [-0.4, -0.2) is 38.1 Å². The van der Waals surface area contributed by atoms with Gasteiger partial charge in [-0.1, -0.05) is 29.5 Å². The van der Waals surface area contributed by atoms with Crippen molar-refractivity contribution in [3.8, 4) is 28.6 Å². The molecule has 0 atom stereocenters. The highest BCUT2D eigenvalue weighted by Gasteiger charge is 2.20. The summed E-state index contributed by atoms with van der Waals surface area (Å²) >= 11 is 1.35. The lowest BCUT2D eigenvalue weighted by molar-refractivity contribution is 0.102. The molecule has 3 heterocycles. The van der Waals surface area contributed by atoms with Crippen molar-refractivity contribution in [3.05, 3.63) is 78.1 Å². The van der Waals surface area contributed by atoms with Gasteiger partial charge in [0, 0.05) is 29.2 Å². The van der Waals surface area contributed by atoms with Crippen molar-refractivity contribution >= 4 is 17.5 Å². The van der Waals surface area contributed by atoms with E-state index in [4.69, 9.17) is 9.47 Å². The van der Waals surface area contributed by atoms with Gasteiger partial charge in [0.15, 0.2) is 28.3 Å². The van der Waals surface area contributed by atoms with E-state index in [1.54, 1.807) is 30.6 Å². The molecule has 154 valence electrons. The third-order valence-electron chi connectivity index (χ3n) is 4.89. The average Bonchev–Trinajstić information content (AvgIpc) is 3.45. The Kier molecular flexibility index (Phi) is 5.13. The predicted octanol–water partition coefficient (Wildman–Crippen LogP) is 4.34. The minimum Gasteiger partial charge on any atom is -0.454 e. The summed E-state index contributed by atoms with van der Waals surface area (Å²) in [7, 11) is 0. The minimum atomic E-state index is -0.0211. The van der Waals surface area contributed by atoms with Gasteiger partial charge in [-0.2, -0.15) is 0 Å². The Bertz CT molecular complexity index is 1240. The van der Waals surface area contributed by atoms with Crippen LogP contribution in [0, 0.1) is 6.92 Å². The van der Waals surface area contributed by atoms with E-state index in [-0.39, 0.29) is 18.3 Å². The zero-order valence-corrected chi connectivity index (χ0v) is 17.5. The fraction of sp³-hybridized carbons (Fsp3) is 0.130. The first-order chi connectivity index (χ1) is 15.2. The maximum absolute atomic E-state index is 12.8. The van der Waals surface area contributed by atoms with Crippen LogP contribution >= 0.6 is 11.8 Å². The summed E-state index contributed by atoms with van der Waals surface area (Å²) in [5.41, 5.74) is 3.57. The van der Waals surface area contributed by atoms with Crippen LogP contribution in [0.1, 0.15) is 15.9 Å². The first-order valence-electron chi connectivity index (χ1n) is 9.67. The molecule has 0 radical (unpaired) electrons. The number of carbonyl (C=O) groups excluding carboxylic acids is 1. The largest absolute Gasteiger partial charge is 0.454 e. The molecule has 2 aromatic carbocycles. The lowest BCUT2D eigenvalue weighted by Gasteiger charge is -2.10. The highest BCUT2D eigenvalue weighted by Crippen LogP contribution is 2.33. The number of ketones is 1. The van der Waals surface area contributed by atoms with Gasteiger partial charge in [0.2, 0.25) is 6.79 Å². The van der Waals surface area contributed by atoms with Crippen LogP contribution in [0.5, 0.6) is 11.5 Å². The van der Waals surface area contributed by atoms with Crippen molar-refractivity contribution in [1.29, 1.82) is 0 Å². The second-order valence-corrected chi connectivity index (χ2v) is 7.94. The Hall–Kier alpha value is -3.65. The van der Waals surface area contributed by atoms with Crippen molar-refractivity contribution in [2.75, 3.05) is 12.5 Å². The lowest BCUT2D eigenvalue weighted by Crippen LogP contribution is -2.05. The maximum atomic E-state index is 12.8. The van der Waals surface area contributed by atoms with Gasteiger partial charge in [-0.05, 0) is 49.4 Å². The maximum Gasteiger partial charge on any atom is 0.231 e. The van der Waals surface area contributed by atoms with Crippen LogP contribution in [0.4, 0.5) is 0 Å². The number of thioether (sulfide) groups is 1. The smallest absolute Gasteiger partial charge is 0.231 e. The predicted molar refractivity (Wildman–Crippen MR) is 117 cm³/mol. The van der Waals surface area contributed by atoms with Crippen molar-refractivity contribution in [1.82, 2.24) is 19.7 Å². The first-order valence-corrected chi connectivity index (χ1v) is 10.7. The number of hydrogen-bond donors (Lipinski definition) is 0. The molecular weight excluding hydrogens is 412 g/mol. The number of aromatic nitrogens is 4. The molecule has 7 nitrogen and oxygen atoms in total. The van der Waals surface area contributed by atoms with E-state index < -0.39 is 0 Å². The van der Waals surface area contributed by atoms with Crippen molar-refractivity contribution in [2.24, 2.45) is 0 Å². The van der Waals surface area contributed by atoms with Gasteiger partial charge in [0.25, 0.3) is 0 Å². The number of Topliss-reactive ketones (excluding diaryl/α,β-unsaturated/α-hetero) is 1. The summed E-state index contributed by atoms with van der Waals surface area (Å²) in [4.78, 5) is 16.9. The van der Waals surface area contributed by atoms with Gasteiger partial charge in [-0.15, -0.1) is 10.2 Å². The van der Waals surface area contributed by atoms with Crippen molar-refractivity contribution in [2.45, 2.75) is 12.1 Å². The molecule has 0 aliphatic carbocycles. The Morgan fingerprint density at radius 2 is 1.77 bits per heavy atom. The number of nitrogens with zero attached hydrogens (tertiary/aromatic N) is 4. The molecule has 0 amide bonds. The Morgan fingerprint density at radius 3 is 2.58 bits per heavy atom. The van der Waals surface area contributed by atoms with Crippen LogP contribution in [0.3, 0.4) is 0 Å². The van der Waals surface area contributed by atoms with Gasteiger partial charge in [-0.25, -0.2) is 0 Å². The highest BCUT2D eigenvalue weighted by molar-refractivity contribution is 7.99. The zero-order chi connectivity index (χ0) is 21.2. The lowest BCUT2D eigenvalue weighted by atomic mass is 10.1. The minimum absolute atomic E-state index is 0.0211. The Labute approximate surface area is 183 Å². The molecule has 2 aromatic heterocycles. The van der Waals surface area contributed by atoms with E-state index in [2.05, 4.69) is 15.2 Å². The number of aryl methyl sites for hydroxylation is 1.